The van der Waals surface area contributed by atoms with E-state index in [1.807, 2.05) is 19.9 Å². The van der Waals surface area contributed by atoms with E-state index in [0.29, 0.717) is 11.7 Å². The Morgan fingerprint density at radius 3 is 2.75 bits per heavy atom. The topological polar surface area (TPSA) is 51.0 Å². The van der Waals surface area contributed by atoms with Crippen molar-refractivity contribution in [2.75, 3.05) is 5.32 Å². The van der Waals surface area contributed by atoms with E-state index < -0.39 is 0 Å². The van der Waals surface area contributed by atoms with Gasteiger partial charge in [0.1, 0.15) is 10.9 Å². The molecule has 4 nitrogen and oxygen atoms in total. The maximum Gasteiger partial charge on any atom is 0.138 e. The number of aromatic nitrogens is 2. The van der Waals surface area contributed by atoms with Crippen molar-refractivity contribution in [1.82, 2.24) is 10.1 Å². The summed E-state index contributed by atoms with van der Waals surface area (Å²) < 4.78 is 5.08. The molecular formula is C11H12ClN3O. The number of rotatable bonds is 3. The molecule has 0 aromatic carbocycles. The van der Waals surface area contributed by atoms with Gasteiger partial charge in [-0.15, -0.1) is 0 Å². The van der Waals surface area contributed by atoms with Gasteiger partial charge in [0, 0.05) is 12.1 Å². The lowest BCUT2D eigenvalue weighted by Crippen LogP contribution is -2.01. The van der Waals surface area contributed by atoms with Crippen LogP contribution in [0.3, 0.4) is 0 Å². The molecule has 0 unspecified atom stereocenters. The Labute approximate surface area is 98.6 Å². The second-order valence-corrected chi connectivity index (χ2v) is 3.91. The molecule has 0 aliphatic carbocycles. The maximum absolute atomic E-state index is 5.70. The van der Waals surface area contributed by atoms with Crippen molar-refractivity contribution >= 4 is 17.3 Å². The lowest BCUT2D eigenvalue weighted by molar-refractivity contribution is 0.392. The third kappa shape index (κ3) is 2.33. The second-order valence-electron chi connectivity index (χ2n) is 3.53. The van der Waals surface area contributed by atoms with Crippen LogP contribution in [0, 0.1) is 13.8 Å². The fraction of sp³-hybridized carbons (Fsp3) is 0.273. The van der Waals surface area contributed by atoms with Crippen LogP contribution in [0.2, 0.25) is 5.15 Å². The summed E-state index contributed by atoms with van der Waals surface area (Å²) in [6.45, 7) is 4.50. The molecule has 2 aromatic rings. The van der Waals surface area contributed by atoms with E-state index in [-0.39, 0.29) is 0 Å². The van der Waals surface area contributed by atoms with Crippen LogP contribution in [-0.4, -0.2) is 10.1 Å². The Balaban J connectivity index is 2.05. The van der Waals surface area contributed by atoms with Crippen LogP contribution in [0.25, 0.3) is 0 Å². The van der Waals surface area contributed by atoms with Crippen molar-refractivity contribution < 1.29 is 4.52 Å². The van der Waals surface area contributed by atoms with Crippen LogP contribution in [0.1, 0.15) is 17.0 Å². The number of pyridine rings is 1. The van der Waals surface area contributed by atoms with Gasteiger partial charge in [0.15, 0.2) is 0 Å². The molecule has 0 amide bonds. The first kappa shape index (κ1) is 11.0. The summed E-state index contributed by atoms with van der Waals surface area (Å²) in [6.07, 6.45) is 1.69. The third-order valence-electron chi connectivity index (χ3n) is 2.38. The second kappa shape index (κ2) is 4.53. The van der Waals surface area contributed by atoms with Gasteiger partial charge in [-0.3, -0.25) is 0 Å². The molecule has 5 heteroatoms. The van der Waals surface area contributed by atoms with Gasteiger partial charge >= 0.3 is 0 Å². The zero-order valence-corrected chi connectivity index (χ0v) is 9.88. The molecule has 1 N–H and O–H groups in total. The van der Waals surface area contributed by atoms with E-state index in [1.54, 1.807) is 12.3 Å². The van der Waals surface area contributed by atoms with Gasteiger partial charge in [0.05, 0.1) is 17.6 Å². The molecule has 16 heavy (non-hydrogen) atoms. The Morgan fingerprint density at radius 1 is 1.38 bits per heavy atom. The smallest absolute Gasteiger partial charge is 0.138 e. The highest BCUT2D eigenvalue weighted by atomic mass is 35.5. The normalized spacial score (nSPS) is 10.4. The molecule has 2 heterocycles. The summed E-state index contributed by atoms with van der Waals surface area (Å²) in [7, 11) is 0. The lowest BCUT2D eigenvalue weighted by atomic mass is 10.2. The van der Waals surface area contributed by atoms with E-state index in [9.17, 15) is 0 Å². The Kier molecular flexibility index (Phi) is 3.10. The molecule has 0 saturated heterocycles. The number of hydrogen-bond acceptors (Lipinski definition) is 4. The van der Waals surface area contributed by atoms with E-state index >= 15 is 0 Å². The Bertz CT molecular complexity index is 459. The quantitative estimate of drug-likeness (QED) is 0.834. The van der Waals surface area contributed by atoms with Crippen LogP contribution in [0.4, 0.5) is 5.69 Å². The van der Waals surface area contributed by atoms with Crippen molar-refractivity contribution in [3.8, 4) is 0 Å². The highest BCUT2D eigenvalue weighted by Crippen LogP contribution is 2.15. The van der Waals surface area contributed by atoms with Crippen molar-refractivity contribution in [3.63, 3.8) is 0 Å². The highest BCUT2D eigenvalue weighted by molar-refractivity contribution is 6.29. The van der Waals surface area contributed by atoms with Crippen LogP contribution in [0.5, 0.6) is 0 Å². The third-order valence-corrected chi connectivity index (χ3v) is 2.60. The zero-order chi connectivity index (χ0) is 11.5. The van der Waals surface area contributed by atoms with Crippen molar-refractivity contribution in [1.29, 1.82) is 0 Å². The summed E-state index contributed by atoms with van der Waals surface area (Å²) >= 11 is 5.70. The molecule has 84 valence electrons. The molecule has 2 aromatic heterocycles. The van der Waals surface area contributed by atoms with E-state index in [4.69, 9.17) is 16.1 Å². The molecule has 0 aliphatic rings. The van der Waals surface area contributed by atoms with E-state index in [1.165, 1.54) is 0 Å². The lowest BCUT2D eigenvalue weighted by Gasteiger charge is -2.05. The Morgan fingerprint density at radius 2 is 2.19 bits per heavy atom. The predicted octanol–water partition coefficient (Wildman–Crippen LogP) is 2.95. The first-order chi connectivity index (χ1) is 7.66. The zero-order valence-electron chi connectivity index (χ0n) is 9.12. The molecule has 0 aliphatic heterocycles. The fourth-order valence-electron chi connectivity index (χ4n) is 1.43. The van der Waals surface area contributed by atoms with Gasteiger partial charge in [0.2, 0.25) is 0 Å². The van der Waals surface area contributed by atoms with Gasteiger partial charge in [0.25, 0.3) is 0 Å². The minimum Gasteiger partial charge on any atom is -0.380 e. The van der Waals surface area contributed by atoms with Gasteiger partial charge in [-0.1, -0.05) is 16.8 Å². The molecule has 0 radical (unpaired) electrons. The standard InChI is InChI=1S/C11H12ClN3O/c1-7-10(8(2)16-15-7)6-13-9-3-4-11(12)14-5-9/h3-5,13H,6H2,1-2H3. The van der Waals surface area contributed by atoms with E-state index in [2.05, 4.69) is 15.5 Å². The number of halogens is 1. The van der Waals surface area contributed by atoms with Gasteiger partial charge in [-0.2, -0.15) is 0 Å². The largest absolute Gasteiger partial charge is 0.380 e. The monoisotopic (exact) mass is 237 g/mol. The maximum atomic E-state index is 5.70. The molecule has 0 fully saturated rings. The Hall–Kier alpha value is -1.55. The first-order valence-corrected chi connectivity index (χ1v) is 5.32. The number of anilines is 1. The van der Waals surface area contributed by atoms with Gasteiger partial charge in [-0.25, -0.2) is 4.98 Å². The number of aryl methyl sites for hydroxylation is 2. The molecule has 0 spiro atoms. The van der Waals surface area contributed by atoms with Crippen molar-refractivity contribution in [2.45, 2.75) is 20.4 Å². The van der Waals surface area contributed by atoms with Gasteiger partial charge < -0.3 is 9.84 Å². The minimum atomic E-state index is 0.489. The molecule has 0 atom stereocenters. The van der Waals surface area contributed by atoms with Crippen LogP contribution in [0.15, 0.2) is 22.9 Å². The molecule has 0 saturated carbocycles. The number of hydrogen-bond donors (Lipinski definition) is 1. The SMILES string of the molecule is Cc1noc(C)c1CNc1ccc(Cl)nc1. The highest BCUT2D eigenvalue weighted by Gasteiger charge is 2.07. The molecular weight excluding hydrogens is 226 g/mol. The fourth-order valence-corrected chi connectivity index (χ4v) is 1.54. The average Bonchev–Trinajstić information content (AvgIpc) is 2.59. The first-order valence-electron chi connectivity index (χ1n) is 4.94. The van der Waals surface area contributed by atoms with Crippen molar-refractivity contribution in [2.24, 2.45) is 0 Å². The van der Waals surface area contributed by atoms with Crippen molar-refractivity contribution in [3.05, 3.63) is 40.5 Å². The van der Waals surface area contributed by atoms with E-state index in [0.717, 1.165) is 22.7 Å². The molecule has 0 bridgehead atoms. The summed E-state index contributed by atoms with van der Waals surface area (Å²) in [6, 6.07) is 3.63. The summed E-state index contributed by atoms with van der Waals surface area (Å²) in [4.78, 5) is 3.99. The average molecular weight is 238 g/mol. The summed E-state index contributed by atoms with van der Waals surface area (Å²) in [5.74, 6) is 0.840. The number of nitrogens with zero attached hydrogens (tertiary/aromatic N) is 2. The van der Waals surface area contributed by atoms with Gasteiger partial charge in [-0.05, 0) is 26.0 Å². The summed E-state index contributed by atoms with van der Waals surface area (Å²) in [5, 5.41) is 7.61. The minimum absolute atomic E-state index is 0.489. The van der Waals surface area contributed by atoms with Crippen LogP contribution in [-0.2, 0) is 6.54 Å². The molecule has 2 rings (SSSR count). The predicted molar refractivity (Wildman–Crippen MR) is 62.6 cm³/mol. The van der Waals surface area contributed by atoms with Crippen LogP contribution >= 0.6 is 11.6 Å². The number of nitrogens with one attached hydrogen (secondary N) is 1. The summed E-state index contributed by atoms with van der Waals surface area (Å²) in [5.41, 5.74) is 2.91. The van der Waals surface area contributed by atoms with Crippen LogP contribution < -0.4 is 5.32 Å².